The van der Waals surface area contributed by atoms with Crippen LogP contribution in [0.5, 0.6) is 0 Å². The summed E-state index contributed by atoms with van der Waals surface area (Å²) in [5.74, 6) is -0.494. The van der Waals surface area contributed by atoms with Gasteiger partial charge in [0, 0.05) is 5.69 Å². The van der Waals surface area contributed by atoms with E-state index in [0.717, 1.165) is 24.9 Å². The van der Waals surface area contributed by atoms with Gasteiger partial charge >= 0.3 is 0 Å². The highest BCUT2D eigenvalue weighted by molar-refractivity contribution is 6.00. The first-order valence-corrected chi connectivity index (χ1v) is 8.75. The van der Waals surface area contributed by atoms with Crippen molar-refractivity contribution in [1.82, 2.24) is 5.32 Å². The molecule has 1 atom stereocenters. The summed E-state index contributed by atoms with van der Waals surface area (Å²) in [5, 5.41) is 5.61. The van der Waals surface area contributed by atoms with Gasteiger partial charge in [0.2, 0.25) is 5.91 Å². The van der Waals surface area contributed by atoms with Gasteiger partial charge in [0.1, 0.15) is 6.04 Å². The van der Waals surface area contributed by atoms with E-state index in [-0.39, 0.29) is 17.6 Å². The minimum absolute atomic E-state index is 0.0530. The lowest BCUT2D eigenvalue weighted by molar-refractivity contribution is -0.118. The molecule has 0 saturated heterocycles. The maximum atomic E-state index is 12.6. The van der Waals surface area contributed by atoms with Crippen LogP contribution in [0.3, 0.4) is 0 Å². The molecule has 0 aliphatic carbocycles. The van der Waals surface area contributed by atoms with Crippen LogP contribution in [0.25, 0.3) is 0 Å². The molecule has 0 unspecified atom stereocenters. The standard InChI is InChI=1S/C20H26N2O3/c1-4-5-7-15-9-11-16(12-10-15)21-20(24)18(14(2)3)22-19(23)17-8-6-13-25-17/h6,8-14,18H,4-5,7H2,1-3H3,(H,21,24)(H,22,23)/t18-/m0/s1. The van der Waals surface area contributed by atoms with Gasteiger partial charge in [-0.1, -0.05) is 39.3 Å². The average Bonchev–Trinajstić information content (AvgIpc) is 3.13. The zero-order valence-corrected chi connectivity index (χ0v) is 15.0. The van der Waals surface area contributed by atoms with Crippen LogP contribution in [0.1, 0.15) is 49.7 Å². The second-order valence-electron chi connectivity index (χ2n) is 6.46. The number of rotatable bonds is 8. The van der Waals surface area contributed by atoms with E-state index in [2.05, 4.69) is 17.6 Å². The van der Waals surface area contributed by atoms with E-state index in [9.17, 15) is 9.59 Å². The lowest BCUT2D eigenvalue weighted by Crippen LogP contribution is -2.47. The van der Waals surface area contributed by atoms with Crippen molar-refractivity contribution >= 4 is 17.5 Å². The van der Waals surface area contributed by atoms with Crippen molar-refractivity contribution in [3.8, 4) is 0 Å². The minimum Gasteiger partial charge on any atom is -0.459 e. The maximum Gasteiger partial charge on any atom is 0.287 e. The summed E-state index contributed by atoms with van der Waals surface area (Å²) >= 11 is 0. The molecule has 2 N–H and O–H groups in total. The van der Waals surface area contributed by atoms with Crippen molar-refractivity contribution < 1.29 is 14.0 Å². The van der Waals surface area contributed by atoms with Crippen molar-refractivity contribution in [2.24, 2.45) is 5.92 Å². The number of carbonyl (C=O) groups excluding carboxylic acids is 2. The Morgan fingerprint density at radius 2 is 1.84 bits per heavy atom. The second kappa shape index (κ2) is 9.06. The third-order valence-electron chi connectivity index (χ3n) is 4.02. The third-order valence-corrected chi connectivity index (χ3v) is 4.02. The monoisotopic (exact) mass is 342 g/mol. The Bertz CT molecular complexity index is 675. The molecular formula is C20H26N2O3. The van der Waals surface area contributed by atoms with Gasteiger partial charge in [-0.15, -0.1) is 0 Å². The highest BCUT2D eigenvalue weighted by Gasteiger charge is 2.25. The van der Waals surface area contributed by atoms with Crippen molar-refractivity contribution in [1.29, 1.82) is 0 Å². The van der Waals surface area contributed by atoms with Gasteiger partial charge in [-0.05, 0) is 48.6 Å². The first kappa shape index (κ1) is 18.8. The molecule has 134 valence electrons. The molecule has 0 saturated carbocycles. The smallest absolute Gasteiger partial charge is 0.287 e. The zero-order valence-electron chi connectivity index (χ0n) is 15.0. The van der Waals surface area contributed by atoms with Crippen LogP contribution in [0.4, 0.5) is 5.69 Å². The van der Waals surface area contributed by atoms with Gasteiger partial charge in [-0.3, -0.25) is 9.59 Å². The third kappa shape index (κ3) is 5.48. The van der Waals surface area contributed by atoms with Gasteiger partial charge in [-0.25, -0.2) is 0 Å². The zero-order chi connectivity index (χ0) is 18.2. The molecule has 0 aliphatic heterocycles. The van der Waals surface area contributed by atoms with Crippen LogP contribution in [0.2, 0.25) is 0 Å². The lowest BCUT2D eigenvalue weighted by Gasteiger charge is -2.21. The van der Waals surface area contributed by atoms with Crippen LogP contribution in [0, 0.1) is 5.92 Å². The number of amides is 2. The van der Waals surface area contributed by atoms with Crippen molar-refractivity contribution in [3.63, 3.8) is 0 Å². The Kier molecular flexibility index (Phi) is 6.81. The van der Waals surface area contributed by atoms with Crippen LogP contribution >= 0.6 is 0 Å². The number of carbonyl (C=O) groups is 2. The number of anilines is 1. The Morgan fingerprint density at radius 1 is 1.12 bits per heavy atom. The highest BCUT2D eigenvalue weighted by Crippen LogP contribution is 2.14. The molecule has 1 aromatic carbocycles. The van der Waals surface area contributed by atoms with E-state index in [0.29, 0.717) is 0 Å². The summed E-state index contributed by atoms with van der Waals surface area (Å²) in [7, 11) is 0. The van der Waals surface area contributed by atoms with E-state index in [1.165, 1.54) is 11.8 Å². The first-order valence-electron chi connectivity index (χ1n) is 8.75. The summed E-state index contributed by atoms with van der Waals surface area (Å²) in [5.41, 5.74) is 1.98. The lowest BCUT2D eigenvalue weighted by atomic mass is 10.0. The molecule has 1 aromatic heterocycles. The van der Waals surface area contributed by atoms with E-state index in [4.69, 9.17) is 4.42 Å². The first-order chi connectivity index (χ1) is 12.0. The fourth-order valence-corrected chi connectivity index (χ4v) is 2.51. The molecule has 25 heavy (non-hydrogen) atoms. The molecule has 2 rings (SSSR count). The number of hydrogen-bond donors (Lipinski definition) is 2. The molecule has 0 bridgehead atoms. The van der Waals surface area contributed by atoms with E-state index in [1.54, 1.807) is 12.1 Å². The molecule has 0 radical (unpaired) electrons. The molecule has 1 heterocycles. The quantitative estimate of drug-likeness (QED) is 0.761. The fraction of sp³-hybridized carbons (Fsp3) is 0.400. The minimum atomic E-state index is -0.641. The van der Waals surface area contributed by atoms with Gasteiger partial charge < -0.3 is 15.1 Å². The number of unbranched alkanes of at least 4 members (excludes halogenated alkanes) is 1. The highest BCUT2D eigenvalue weighted by atomic mass is 16.3. The molecule has 2 aromatic rings. The summed E-state index contributed by atoms with van der Waals surface area (Å²) in [6.45, 7) is 5.94. The van der Waals surface area contributed by atoms with E-state index < -0.39 is 11.9 Å². The summed E-state index contributed by atoms with van der Waals surface area (Å²) in [6.07, 6.45) is 4.78. The Balaban J connectivity index is 1.99. The summed E-state index contributed by atoms with van der Waals surface area (Å²) in [6, 6.07) is 10.4. The van der Waals surface area contributed by atoms with E-state index >= 15 is 0 Å². The molecular weight excluding hydrogens is 316 g/mol. The van der Waals surface area contributed by atoms with Crippen LogP contribution in [-0.2, 0) is 11.2 Å². The number of aryl methyl sites for hydroxylation is 1. The molecule has 0 spiro atoms. The van der Waals surface area contributed by atoms with E-state index in [1.807, 2.05) is 38.1 Å². The Labute approximate surface area is 148 Å². The average molecular weight is 342 g/mol. The van der Waals surface area contributed by atoms with Crippen LogP contribution < -0.4 is 10.6 Å². The molecule has 5 nitrogen and oxygen atoms in total. The number of hydrogen-bond acceptors (Lipinski definition) is 3. The molecule has 0 fully saturated rings. The molecule has 5 heteroatoms. The number of nitrogens with one attached hydrogen (secondary N) is 2. The second-order valence-corrected chi connectivity index (χ2v) is 6.46. The predicted octanol–water partition coefficient (Wildman–Crippen LogP) is 4.02. The summed E-state index contributed by atoms with van der Waals surface area (Å²) < 4.78 is 5.08. The van der Waals surface area contributed by atoms with Gasteiger partial charge in [0.15, 0.2) is 5.76 Å². The van der Waals surface area contributed by atoms with Crippen molar-refractivity contribution in [2.75, 3.05) is 5.32 Å². The van der Waals surface area contributed by atoms with Crippen LogP contribution in [0.15, 0.2) is 47.1 Å². The number of furan rings is 1. The normalized spacial score (nSPS) is 12.0. The molecule has 2 amide bonds. The maximum absolute atomic E-state index is 12.6. The van der Waals surface area contributed by atoms with Gasteiger partial charge in [0.25, 0.3) is 5.91 Å². The Morgan fingerprint density at radius 3 is 2.40 bits per heavy atom. The summed E-state index contributed by atoms with van der Waals surface area (Å²) in [4.78, 5) is 24.7. The topological polar surface area (TPSA) is 71.3 Å². The van der Waals surface area contributed by atoms with Gasteiger partial charge in [-0.2, -0.15) is 0 Å². The SMILES string of the molecule is CCCCc1ccc(NC(=O)[C@@H](NC(=O)c2ccco2)C(C)C)cc1. The predicted molar refractivity (Wildman–Crippen MR) is 98.5 cm³/mol. The fourth-order valence-electron chi connectivity index (χ4n) is 2.51. The Hall–Kier alpha value is -2.56. The van der Waals surface area contributed by atoms with Crippen molar-refractivity contribution in [2.45, 2.75) is 46.1 Å². The number of benzene rings is 1. The van der Waals surface area contributed by atoms with Crippen LogP contribution in [-0.4, -0.2) is 17.9 Å². The van der Waals surface area contributed by atoms with Crippen molar-refractivity contribution in [3.05, 3.63) is 54.0 Å². The molecule has 0 aliphatic rings. The van der Waals surface area contributed by atoms with Gasteiger partial charge in [0.05, 0.1) is 6.26 Å². The largest absolute Gasteiger partial charge is 0.459 e.